The van der Waals surface area contributed by atoms with Gasteiger partial charge in [-0.05, 0) is 18.2 Å². The molecule has 1 aliphatic heterocycles. The SMILES string of the molecule is Clc1cccc(-c2nc(CCN3CCSCC3)no2)c1. The zero-order chi connectivity index (χ0) is 13.8. The molecule has 0 N–H and O–H groups in total. The van der Waals surface area contributed by atoms with Gasteiger partial charge in [0.2, 0.25) is 0 Å². The van der Waals surface area contributed by atoms with Gasteiger partial charge >= 0.3 is 0 Å². The summed E-state index contributed by atoms with van der Waals surface area (Å²) in [5, 5.41) is 4.72. The van der Waals surface area contributed by atoms with Crippen molar-refractivity contribution < 1.29 is 4.52 Å². The van der Waals surface area contributed by atoms with E-state index < -0.39 is 0 Å². The monoisotopic (exact) mass is 309 g/mol. The van der Waals surface area contributed by atoms with Crippen molar-refractivity contribution in [1.29, 1.82) is 0 Å². The number of rotatable bonds is 4. The highest BCUT2D eigenvalue weighted by Crippen LogP contribution is 2.21. The maximum Gasteiger partial charge on any atom is 0.257 e. The van der Waals surface area contributed by atoms with Gasteiger partial charge in [0.05, 0.1) is 0 Å². The highest BCUT2D eigenvalue weighted by Gasteiger charge is 2.13. The van der Waals surface area contributed by atoms with E-state index in [1.165, 1.54) is 11.5 Å². The van der Waals surface area contributed by atoms with Crippen LogP contribution in [0.3, 0.4) is 0 Å². The summed E-state index contributed by atoms with van der Waals surface area (Å²) < 4.78 is 5.30. The molecule has 2 aromatic rings. The molecule has 0 aliphatic carbocycles. The van der Waals surface area contributed by atoms with Gasteiger partial charge in [0.15, 0.2) is 5.82 Å². The van der Waals surface area contributed by atoms with E-state index >= 15 is 0 Å². The Hall–Kier alpha value is -1.04. The highest BCUT2D eigenvalue weighted by molar-refractivity contribution is 7.99. The van der Waals surface area contributed by atoms with Crippen molar-refractivity contribution >= 4 is 23.4 Å². The zero-order valence-electron chi connectivity index (χ0n) is 11.1. The van der Waals surface area contributed by atoms with E-state index in [9.17, 15) is 0 Å². The van der Waals surface area contributed by atoms with Crippen LogP contribution < -0.4 is 0 Å². The molecule has 4 nitrogen and oxygen atoms in total. The van der Waals surface area contributed by atoms with Crippen molar-refractivity contribution in [2.45, 2.75) is 6.42 Å². The first-order valence-corrected chi connectivity index (χ1v) is 8.23. The lowest BCUT2D eigenvalue weighted by Crippen LogP contribution is -2.34. The molecule has 0 atom stereocenters. The fraction of sp³-hybridized carbons (Fsp3) is 0.429. The summed E-state index contributed by atoms with van der Waals surface area (Å²) in [6.07, 6.45) is 0.828. The number of benzene rings is 1. The number of hydrogen-bond acceptors (Lipinski definition) is 5. The van der Waals surface area contributed by atoms with Crippen molar-refractivity contribution in [2.24, 2.45) is 0 Å². The van der Waals surface area contributed by atoms with Crippen LogP contribution in [0.4, 0.5) is 0 Å². The van der Waals surface area contributed by atoms with E-state index in [-0.39, 0.29) is 0 Å². The first-order chi connectivity index (χ1) is 9.81. The smallest absolute Gasteiger partial charge is 0.257 e. The molecular formula is C14H16ClN3OS. The Labute approximate surface area is 127 Å². The Balaban J connectivity index is 1.61. The van der Waals surface area contributed by atoms with Gasteiger partial charge in [0.25, 0.3) is 5.89 Å². The van der Waals surface area contributed by atoms with Gasteiger partial charge in [0.1, 0.15) is 0 Å². The minimum absolute atomic E-state index is 0.539. The molecule has 0 bridgehead atoms. The summed E-state index contributed by atoms with van der Waals surface area (Å²) in [7, 11) is 0. The minimum atomic E-state index is 0.539. The Kier molecular flexibility index (Phi) is 4.60. The van der Waals surface area contributed by atoms with Crippen molar-refractivity contribution in [3.05, 3.63) is 35.1 Å². The van der Waals surface area contributed by atoms with E-state index in [1.54, 1.807) is 0 Å². The maximum atomic E-state index is 5.97. The number of aromatic nitrogens is 2. The molecule has 6 heteroatoms. The molecule has 0 spiro atoms. The third kappa shape index (κ3) is 3.53. The Morgan fingerprint density at radius 3 is 2.95 bits per heavy atom. The largest absolute Gasteiger partial charge is 0.334 e. The fourth-order valence-corrected chi connectivity index (χ4v) is 3.35. The molecule has 1 fully saturated rings. The van der Waals surface area contributed by atoms with E-state index in [2.05, 4.69) is 15.0 Å². The lowest BCUT2D eigenvalue weighted by molar-refractivity contribution is 0.302. The lowest BCUT2D eigenvalue weighted by Gasteiger charge is -2.25. The van der Waals surface area contributed by atoms with E-state index in [0.29, 0.717) is 10.9 Å². The first kappa shape index (κ1) is 13.9. The maximum absolute atomic E-state index is 5.97. The molecule has 1 saturated heterocycles. The van der Waals surface area contributed by atoms with Crippen LogP contribution in [0.15, 0.2) is 28.8 Å². The normalized spacial score (nSPS) is 16.4. The van der Waals surface area contributed by atoms with E-state index in [4.69, 9.17) is 16.1 Å². The van der Waals surface area contributed by atoms with Crippen molar-refractivity contribution in [2.75, 3.05) is 31.1 Å². The summed E-state index contributed by atoms with van der Waals surface area (Å²) in [6, 6.07) is 7.47. The van der Waals surface area contributed by atoms with E-state index in [0.717, 1.165) is 37.4 Å². The van der Waals surface area contributed by atoms with Gasteiger partial charge in [-0.3, -0.25) is 0 Å². The fourth-order valence-electron chi connectivity index (χ4n) is 2.18. The molecule has 1 aliphatic rings. The standard InChI is InChI=1S/C14H16ClN3OS/c15-12-3-1-2-11(10-12)14-16-13(17-19-14)4-5-18-6-8-20-9-7-18/h1-3,10H,4-9H2. The van der Waals surface area contributed by atoms with Gasteiger partial charge < -0.3 is 9.42 Å². The summed E-state index contributed by atoms with van der Waals surface area (Å²) in [4.78, 5) is 6.89. The van der Waals surface area contributed by atoms with Gasteiger partial charge in [-0.15, -0.1) is 0 Å². The second-order valence-corrected chi connectivity index (χ2v) is 6.39. The Bertz CT molecular complexity index is 569. The molecule has 1 aromatic carbocycles. The second kappa shape index (κ2) is 6.61. The molecule has 0 unspecified atom stereocenters. The Morgan fingerprint density at radius 2 is 2.15 bits per heavy atom. The molecular weight excluding hydrogens is 294 g/mol. The molecule has 106 valence electrons. The van der Waals surface area contributed by atoms with E-state index in [1.807, 2.05) is 36.0 Å². The number of nitrogens with zero attached hydrogens (tertiary/aromatic N) is 3. The quantitative estimate of drug-likeness (QED) is 0.868. The topological polar surface area (TPSA) is 42.2 Å². The summed E-state index contributed by atoms with van der Waals surface area (Å²) in [6.45, 7) is 3.31. The van der Waals surface area contributed by atoms with Crippen molar-refractivity contribution in [3.8, 4) is 11.5 Å². The molecule has 0 radical (unpaired) electrons. The second-order valence-electron chi connectivity index (χ2n) is 4.73. The third-order valence-electron chi connectivity index (χ3n) is 3.29. The van der Waals surface area contributed by atoms with Crippen LogP contribution in [0.2, 0.25) is 5.02 Å². The van der Waals surface area contributed by atoms with Crippen LogP contribution in [0, 0.1) is 0 Å². The average molecular weight is 310 g/mol. The molecule has 1 aromatic heterocycles. The zero-order valence-corrected chi connectivity index (χ0v) is 12.7. The first-order valence-electron chi connectivity index (χ1n) is 6.70. The van der Waals surface area contributed by atoms with Gasteiger partial charge in [-0.2, -0.15) is 16.7 Å². The number of halogens is 1. The predicted octanol–water partition coefficient (Wildman–Crippen LogP) is 2.98. The average Bonchev–Trinajstić information content (AvgIpc) is 2.95. The van der Waals surface area contributed by atoms with Crippen LogP contribution >= 0.6 is 23.4 Å². The van der Waals surface area contributed by atoms with Gasteiger partial charge in [-0.25, -0.2) is 0 Å². The minimum Gasteiger partial charge on any atom is -0.334 e. The molecule has 3 rings (SSSR count). The molecule has 20 heavy (non-hydrogen) atoms. The van der Waals surface area contributed by atoms with Gasteiger partial charge in [-0.1, -0.05) is 22.8 Å². The van der Waals surface area contributed by atoms with Crippen LogP contribution in [-0.2, 0) is 6.42 Å². The van der Waals surface area contributed by atoms with Crippen LogP contribution in [0.25, 0.3) is 11.5 Å². The van der Waals surface area contributed by atoms with Crippen molar-refractivity contribution in [1.82, 2.24) is 15.0 Å². The summed E-state index contributed by atoms with van der Waals surface area (Å²) in [5.74, 6) is 3.75. The van der Waals surface area contributed by atoms with Crippen LogP contribution in [0.5, 0.6) is 0 Å². The van der Waals surface area contributed by atoms with Gasteiger partial charge in [0, 0.05) is 48.1 Å². The number of hydrogen-bond donors (Lipinski definition) is 0. The summed E-state index contributed by atoms with van der Waals surface area (Å²) in [5.41, 5.74) is 0.866. The molecule has 2 heterocycles. The van der Waals surface area contributed by atoms with Crippen LogP contribution in [0.1, 0.15) is 5.82 Å². The van der Waals surface area contributed by atoms with Crippen molar-refractivity contribution in [3.63, 3.8) is 0 Å². The lowest BCUT2D eigenvalue weighted by atomic mass is 10.2. The highest BCUT2D eigenvalue weighted by atomic mass is 35.5. The molecule has 0 amide bonds. The van der Waals surface area contributed by atoms with Crippen LogP contribution in [-0.4, -0.2) is 46.2 Å². The number of thioether (sulfide) groups is 1. The molecule has 0 saturated carbocycles. The third-order valence-corrected chi connectivity index (χ3v) is 4.47. The Morgan fingerprint density at radius 1 is 1.30 bits per heavy atom. The summed E-state index contributed by atoms with van der Waals surface area (Å²) >= 11 is 7.98. The predicted molar refractivity (Wildman–Crippen MR) is 82.2 cm³/mol.